The fourth-order valence-electron chi connectivity index (χ4n) is 2.67. The van der Waals surface area contributed by atoms with Crippen molar-refractivity contribution in [2.24, 2.45) is 5.73 Å². The van der Waals surface area contributed by atoms with Gasteiger partial charge in [0.1, 0.15) is 6.10 Å². The Labute approximate surface area is 121 Å². The SMILES string of the molecule is COc1cc(CCCN)ccc1OC1CCCN(C)C1. The maximum Gasteiger partial charge on any atom is 0.161 e. The largest absolute Gasteiger partial charge is 0.493 e. The summed E-state index contributed by atoms with van der Waals surface area (Å²) < 4.78 is 11.6. The lowest BCUT2D eigenvalue weighted by molar-refractivity contribution is 0.101. The molecule has 1 aromatic rings. The van der Waals surface area contributed by atoms with E-state index in [1.54, 1.807) is 7.11 Å². The Kier molecular flexibility index (Phi) is 5.68. The van der Waals surface area contributed by atoms with Gasteiger partial charge in [0.05, 0.1) is 7.11 Å². The Hall–Kier alpha value is -1.26. The first-order chi connectivity index (χ1) is 9.72. The van der Waals surface area contributed by atoms with E-state index in [0.717, 1.165) is 50.4 Å². The van der Waals surface area contributed by atoms with Gasteiger partial charge in [0, 0.05) is 6.54 Å². The summed E-state index contributed by atoms with van der Waals surface area (Å²) >= 11 is 0. The van der Waals surface area contributed by atoms with E-state index in [1.165, 1.54) is 12.0 Å². The van der Waals surface area contributed by atoms with Crippen molar-refractivity contribution >= 4 is 0 Å². The monoisotopic (exact) mass is 278 g/mol. The standard InChI is InChI=1S/C16H26N2O2/c1-18-10-4-6-14(12-18)20-15-8-7-13(5-3-9-17)11-16(15)19-2/h7-8,11,14H,3-6,9-10,12,17H2,1-2H3. The summed E-state index contributed by atoms with van der Waals surface area (Å²) in [5.41, 5.74) is 6.80. The highest BCUT2D eigenvalue weighted by atomic mass is 16.5. The lowest BCUT2D eigenvalue weighted by Crippen LogP contribution is -2.38. The number of likely N-dealkylation sites (tertiary alicyclic amines) is 1. The van der Waals surface area contributed by atoms with Gasteiger partial charge in [-0.1, -0.05) is 6.07 Å². The quantitative estimate of drug-likeness (QED) is 0.865. The van der Waals surface area contributed by atoms with Gasteiger partial charge in [-0.15, -0.1) is 0 Å². The molecule has 0 spiro atoms. The molecule has 112 valence electrons. The molecule has 1 aromatic carbocycles. The topological polar surface area (TPSA) is 47.7 Å². The van der Waals surface area contributed by atoms with Crippen LogP contribution in [0.2, 0.25) is 0 Å². The van der Waals surface area contributed by atoms with E-state index in [1.807, 2.05) is 6.07 Å². The van der Waals surface area contributed by atoms with Gasteiger partial charge >= 0.3 is 0 Å². The Morgan fingerprint density at radius 3 is 2.90 bits per heavy atom. The number of piperidine rings is 1. The van der Waals surface area contributed by atoms with Crippen LogP contribution >= 0.6 is 0 Å². The minimum atomic E-state index is 0.262. The summed E-state index contributed by atoms with van der Waals surface area (Å²) in [6.45, 7) is 2.86. The van der Waals surface area contributed by atoms with Gasteiger partial charge in [-0.25, -0.2) is 0 Å². The van der Waals surface area contributed by atoms with Crippen molar-refractivity contribution in [2.75, 3.05) is 33.8 Å². The van der Waals surface area contributed by atoms with Gasteiger partial charge in [-0.3, -0.25) is 0 Å². The molecule has 1 fully saturated rings. The molecule has 1 saturated heterocycles. The number of aryl methyl sites for hydroxylation is 1. The molecule has 4 heteroatoms. The van der Waals surface area contributed by atoms with E-state index in [2.05, 4.69) is 24.1 Å². The van der Waals surface area contributed by atoms with Crippen molar-refractivity contribution < 1.29 is 9.47 Å². The normalized spacial score (nSPS) is 19.9. The first kappa shape index (κ1) is 15.1. The fraction of sp³-hybridized carbons (Fsp3) is 0.625. The van der Waals surface area contributed by atoms with E-state index in [4.69, 9.17) is 15.2 Å². The Morgan fingerprint density at radius 1 is 1.35 bits per heavy atom. The molecule has 0 bridgehead atoms. The van der Waals surface area contributed by atoms with Crippen LogP contribution in [0.4, 0.5) is 0 Å². The van der Waals surface area contributed by atoms with Crippen LogP contribution in [0.3, 0.4) is 0 Å². The summed E-state index contributed by atoms with van der Waals surface area (Å²) in [5, 5.41) is 0. The molecule has 0 amide bonds. The molecule has 2 rings (SSSR count). The average molecular weight is 278 g/mol. The minimum Gasteiger partial charge on any atom is -0.493 e. The van der Waals surface area contributed by atoms with Crippen molar-refractivity contribution in [3.8, 4) is 11.5 Å². The van der Waals surface area contributed by atoms with Crippen LogP contribution < -0.4 is 15.2 Å². The summed E-state index contributed by atoms with van der Waals surface area (Å²) in [6, 6.07) is 6.21. The van der Waals surface area contributed by atoms with Crippen LogP contribution in [0.1, 0.15) is 24.8 Å². The smallest absolute Gasteiger partial charge is 0.161 e. The molecule has 0 aromatic heterocycles. The van der Waals surface area contributed by atoms with Crippen molar-refractivity contribution in [2.45, 2.75) is 31.8 Å². The van der Waals surface area contributed by atoms with Crippen LogP contribution in [0.5, 0.6) is 11.5 Å². The molecule has 1 heterocycles. The molecule has 1 unspecified atom stereocenters. The molecule has 0 aliphatic carbocycles. The highest BCUT2D eigenvalue weighted by Crippen LogP contribution is 2.30. The number of likely N-dealkylation sites (N-methyl/N-ethyl adjacent to an activating group) is 1. The molecular formula is C16H26N2O2. The van der Waals surface area contributed by atoms with Gasteiger partial charge in [-0.2, -0.15) is 0 Å². The van der Waals surface area contributed by atoms with E-state index in [9.17, 15) is 0 Å². The van der Waals surface area contributed by atoms with E-state index in [0.29, 0.717) is 0 Å². The maximum absolute atomic E-state index is 6.12. The number of methoxy groups -OCH3 is 1. The van der Waals surface area contributed by atoms with Crippen molar-refractivity contribution in [1.29, 1.82) is 0 Å². The Bertz CT molecular complexity index is 423. The third kappa shape index (κ3) is 4.12. The minimum absolute atomic E-state index is 0.262. The van der Waals surface area contributed by atoms with Gasteiger partial charge < -0.3 is 20.1 Å². The first-order valence-corrected chi connectivity index (χ1v) is 7.45. The molecule has 4 nitrogen and oxygen atoms in total. The molecule has 1 aliphatic rings. The number of nitrogens with zero attached hydrogens (tertiary/aromatic N) is 1. The number of nitrogens with two attached hydrogens (primary N) is 1. The second-order valence-corrected chi connectivity index (χ2v) is 5.52. The lowest BCUT2D eigenvalue weighted by atomic mass is 10.1. The van der Waals surface area contributed by atoms with Crippen LogP contribution in [0, 0.1) is 0 Å². The van der Waals surface area contributed by atoms with Gasteiger partial charge in [0.25, 0.3) is 0 Å². The van der Waals surface area contributed by atoms with E-state index >= 15 is 0 Å². The fourth-order valence-corrected chi connectivity index (χ4v) is 2.67. The molecule has 20 heavy (non-hydrogen) atoms. The lowest BCUT2D eigenvalue weighted by Gasteiger charge is -2.30. The zero-order chi connectivity index (χ0) is 14.4. The summed E-state index contributed by atoms with van der Waals surface area (Å²) in [5.74, 6) is 1.68. The van der Waals surface area contributed by atoms with Crippen LogP contribution in [0.25, 0.3) is 0 Å². The van der Waals surface area contributed by atoms with Gasteiger partial charge in [-0.05, 0) is 63.5 Å². The molecule has 1 aliphatic heterocycles. The van der Waals surface area contributed by atoms with Crippen LogP contribution in [-0.4, -0.2) is 44.8 Å². The molecule has 2 N–H and O–H groups in total. The number of ether oxygens (including phenoxy) is 2. The molecular weight excluding hydrogens is 252 g/mol. The molecule has 0 saturated carbocycles. The van der Waals surface area contributed by atoms with E-state index < -0.39 is 0 Å². The third-order valence-corrected chi connectivity index (χ3v) is 3.77. The summed E-state index contributed by atoms with van der Waals surface area (Å²) in [4.78, 5) is 2.32. The molecule has 0 radical (unpaired) electrons. The highest BCUT2D eigenvalue weighted by molar-refractivity contribution is 5.43. The Morgan fingerprint density at radius 2 is 2.20 bits per heavy atom. The zero-order valence-electron chi connectivity index (χ0n) is 12.6. The predicted octanol–water partition coefficient (Wildman–Crippen LogP) is 2.06. The number of benzene rings is 1. The van der Waals surface area contributed by atoms with Gasteiger partial charge in [0.15, 0.2) is 11.5 Å². The second-order valence-electron chi connectivity index (χ2n) is 5.52. The number of rotatable bonds is 6. The Balaban J connectivity index is 2.03. The number of hydrogen-bond acceptors (Lipinski definition) is 4. The second kappa shape index (κ2) is 7.50. The van der Waals surface area contributed by atoms with Crippen LogP contribution in [0.15, 0.2) is 18.2 Å². The van der Waals surface area contributed by atoms with E-state index in [-0.39, 0.29) is 6.10 Å². The van der Waals surface area contributed by atoms with Crippen molar-refractivity contribution in [1.82, 2.24) is 4.90 Å². The van der Waals surface area contributed by atoms with Crippen LogP contribution in [-0.2, 0) is 6.42 Å². The van der Waals surface area contributed by atoms with Crippen molar-refractivity contribution in [3.63, 3.8) is 0 Å². The van der Waals surface area contributed by atoms with Crippen molar-refractivity contribution in [3.05, 3.63) is 23.8 Å². The summed E-state index contributed by atoms with van der Waals surface area (Å²) in [7, 11) is 3.84. The predicted molar refractivity (Wildman–Crippen MR) is 81.5 cm³/mol. The number of hydrogen-bond donors (Lipinski definition) is 1. The van der Waals surface area contributed by atoms with Gasteiger partial charge in [0.2, 0.25) is 0 Å². The molecule has 1 atom stereocenters. The highest BCUT2D eigenvalue weighted by Gasteiger charge is 2.20. The zero-order valence-corrected chi connectivity index (χ0v) is 12.6. The first-order valence-electron chi connectivity index (χ1n) is 7.45. The maximum atomic E-state index is 6.12. The third-order valence-electron chi connectivity index (χ3n) is 3.77. The average Bonchev–Trinajstić information content (AvgIpc) is 2.46. The summed E-state index contributed by atoms with van der Waals surface area (Å²) in [6.07, 6.45) is 4.55.